The number of rotatable bonds is 10. The molecule has 5 heteroatoms. The number of likely N-dealkylation sites (tertiary alicyclic amines) is 1. The summed E-state index contributed by atoms with van der Waals surface area (Å²) in [4.78, 5) is 4.74. The second-order valence-electron chi connectivity index (χ2n) is 8.55. The lowest BCUT2D eigenvalue weighted by atomic mass is 9.96. The average Bonchev–Trinajstić information content (AvgIpc) is 2.73. The standard InChI is InChI=1S/C23H38N2O3/c1-24(14-9-20-10-15-27-16-11-20)17-21-5-7-23(8-6-21)28-19-22(26)18-25-12-3-2-4-13-25/h5-8,20,22,26H,2-4,9-19H2,1H3. The molecule has 0 amide bonds. The van der Waals surface area contributed by atoms with Crippen LogP contribution in [0.4, 0.5) is 0 Å². The third kappa shape index (κ3) is 7.70. The monoisotopic (exact) mass is 390 g/mol. The van der Waals surface area contributed by atoms with Crippen molar-refractivity contribution in [3.63, 3.8) is 0 Å². The molecule has 2 aliphatic rings. The van der Waals surface area contributed by atoms with Crippen molar-refractivity contribution >= 4 is 0 Å². The molecule has 2 heterocycles. The first kappa shape index (κ1) is 21.6. The van der Waals surface area contributed by atoms with E-state index in [-0.39, 0.29) is 0 Å². The molecular weight excluding hydrogens is 352 g/mol. The van der Waals surface area contributed by atoms with Gasteiger partial charge < -0.3 is 24.4 Å². The zero-order chi connectivity index (χ0) is 19.6. The molecule has 1 N–H and O–H groups in total. The first-order valence-corrected chi connectivity index (χ1v) is 11.1. The van der Waals surface area contributed by atoms with Gasteiger partial charge in [0.1, 0.15) is 18.5 Å². The summed E-state index contributed by atoms with van der Waals surface area (Å²) < 4.78 is 11.2. The van der Waals surface area contributed by atoms with Gasteiger partial charge in [0.25, 0.3) is 0 Å². The molecule has 0 aromatic heterocycles. The molecule has 1 unspecified atom stereocenters. The first-order chi connectivity index (χ1) is 13.7. The van der Waals surface area contributed by atoms with Gasteiger partial charge >= 0.3 is 0 Å². The van der Waals surface area contributed by atoms with E-state index in [9.17, 15) is 5.11 Å². The van der Waals surface area contributed by atoms with Crippen LogP contribution in [-0.4, -0.2) is 74.1 Å². The van der Waals surface area contributed by atoms with E-state index in [1.165, 1.54) is 44.1 Å². The normalized spacial score (nSPS) is 20.4. The molecule has 0 saturated carbocycles. The van der Waals surface area contributed by atoms with Crippen molar-refractivity contribution in [2.45, 2.75) is 51.2 Å². The topological polar surface area (TPSA) is 45.2 Å². The summed E-state index contributed by atoms with van der Waals surface area (Å²) in [6.07, 6.45) is 7.08. The van der Waals surface area contributed by atoms with Gasteiger partial charge in [-0.3, -0.25) is 0 Å². The predicted octanol–water partition coefficient (Wildman–Crippen LogP) is 3.16. The number of piperidine rings is 1. The van der Waals surface area contributed by atoms with Crippen molar-refractivity contribution in [3.8, 4) is 5.75 Å². The number of aliphatic hydroxyl groups excluding tert-OH is 1. The van der Waals surface area contributed by atoms with E-state index in [0.29, 0.717) is 6.61 Å². The molecule has 2 aliphatic heterocycles. The summed E-state index contributed by atoms with van der Waals surface area (Å²) in [7, 11) is 2.20. The van der Waals surface area contributed by atoms with E-state index in [1.54, 1.807) is 0 Å². The second kappa shape index (κ2) is 11.8. The first-order valence-electron chi connectivity index (χ1n) is 11.1. The Morgan fingerprint density at radius 3 is 2.57 bits per heavy atom. The van der Waals surface area contributed by atoms with Crippen molar-refractivity contribution in [2.24, 2.45) is 5.92 Å². The average molecular weight is 391 g/mol. The van der Waals surface area contributed by atoms with Crippen molar-refractivity contribution in [1.29, 1.82) is 0 Å². The number of benzene rings is 1. The lowest BCUT2D eigenvalue weighted by Gasteiger charge is -2.28. The van der Waals surface area contributed by atoms with Gasteiger partial charge in [0.2, 0.25) is 0 Å². The van der Waals surface area contributed by atoms with Gasteiger partial charge in [-0.1, -0.05) is 18.6 Å². The SMILES string of the molecule is CN(CCC1CCOCC1)Cc1ccc(OCC(O)CN2CCCCC2)cc1. The number of hydrogen-bond acceptors (Lipinski definition) is 5. The van der Waals surface area contributed by atoms with Crippen molar-refractivity contribution in [1.82, 2.24) is 9.80 Å². The van der Waals surface area contributed by atoms with Crippen LogP contribution >= 0.6 is 0 Å². The highest BCUT2D eigenvalue weighted by atomic mass is 16.5. The van der Waals surface area contributed by atoms with Gasteiger partial charge in [-0.15, -0.1) is 0 Å². The molecule has 2 saturated heterocycles. The summed E-state index contributed by atoms with van der Waals surface area (Å²) in [5.74, 6) is 1.66. The van der Waals surface area contributed by atoms with Crippen LogP contribution in [0.15, 0.2) is 24.3 Å². The molecule has 0 radical (unpaired) electrons. The molecule has 1 aromatic rings. The number of ether oxygens (including phenoxy) is 2. The zero-order valence-corrected chi connectivity index (χ0v) is 17.5. The predicted molar refractivity (Wildman–Crippen MR) is 113 cm³/mol. The Bertz CT molecular complexity index is 539. The summed E-state index contributed by atoms with van der Waals surface area (Å²) in [5, 5.41) is 10.2. The van der Waals surface area contributed by atoms with Crippen LogP contribution in [0.5, 0.6) is 5.75 Å². The molecule has 5 nitrogen and oxygen atoms in total. The Balaban J connectivity index is 1.33. The van der Waals surface area contributed by atoms with Gasteiger partial charge in [-0.2, -0.15) is 0 Å². The van der Waals surface area contributed by atoms with E-state index < -0.39 is 6.10 Å². The highest BCUT2D eigenvalue weighted by Gasteiger charge is 2.16. The van der Waals surface area contributed by atoms with Gasteiger partial charge in [0.05, 0.1) is 0 Å². The molecule has 3 rings (SSSR count). The van der Waals surface area contributed by atoms with Crippen LogP contribution in [0.3, 0.4) is 0 Å². The fraction of sp³-hybridized carbons (Fsp3) is 0.739. The Morgan fingerprint density at radius 2 is 1.86 bits per heavy atom. The maximum atomic E-state index is 10.2. The van der Waals surface area contributed by atoms with Crippen LogP contribution in [-0.2, 0) is 11.3 Å². The van der Waals surface area contributed by atoms with E-state index in [4.69, 9.17) is 9.47 Å². The molecule has 0 spiro atoms. The zero-order valence-electron chi connectivity index (χ0n) is 17.5. The second-order valence-corrected chi connectivity index (χ2v) is 8.55. The minimum Gasteiger partial charge on any atom is -0.491 e. The minimum atomic E-state index is -0.422. The van der Waals surface area contributed by atoms with Crippen molar-refractivity contribution < 1.29 is 14.6 Å². The molecule has 0 bridgehead atoms. The molecular formula is C23H38N2O3. The maximum absolute atomic E-state index is 10.2. The van der Waals surface area contributed by atoms with E-state index >= 15 is 0 Å². The Hall–Kier alpha value is -1.14. The summed E-state index contributed by atoms with van der Waals surface area (Å²) in [5.41, 5.74) is 1.30. The third-order valence-corrected chi connectivity index (χ3v) is 6.00. The van der Waals surface area contributed by atoms with Crippen molar-refractivity contribution in [3.05, 3.63) is 29.8 Å². The van der Waals surface area contributed by atoms with Gasteiger partial charge in [-0.05, 0) is 82.4 Å². The van der Waals surface area contributed by atoms with Crippen LogP contribution in [0.1, 0.15) is 44.1 Å². The molecule has 0 aliphatic carbocycles. The Labute approximate surface area is 170 Å². The van der Waals surface area contributed by atoms with Gasteiger partial charge in [0, 0.05) is 26.3 Å². The largest absolute Gasteiger partial charge is 0.491 e. The quantitative estimate of drug-likeness (QED) is 0.665. The summed E-state index contributed by atoms with van der Waals surface area (Å²) in [6.45, 7) is 7.25. The van der Waals surface area contributed by atoms with E-state index in [0.717, 1.165) is 57.6 Å². The van der Waals surface area contributed by atoms with Crippen LogP contribution in [0.2, 0.25) is 0 Å². The Kier molecular flexibility index (Phi) is 9.06. The number of β-amino-alcohol motifs (C(OH)–C–C–N with tert-alkyl or cyclic N) is 1. The lowest BCUT2D eigenvalue weighted by Crippen LogP contribution is -2.38. The van der Waals surface area contributed by atoms with Crippen molar-refractivity contribution in [2.75, 3.05) is 53.0 Å². The van der Waals surface area contributed by atoms with Crippen LogP contribution in [0, 0.1) is 5.92 Å². The maximum Gasteiger partial charge on any atom is 0.119 e. The number of nitrogens with zero attached hydrogens (tertiary/aromatic N) is 2. The lowest BCUT2D eigenvalue weighted by molar-refractivity contribution is 0.0607. The molecule has 158 valence electrons. The molecule has 1 aromatic carbocycles. The van der Waals surface area contributed by atoms with Crippen LogP contribution < -0.4 is 4.74 Å². The van der Waals surface area contributed by atoms with Crippen LogP contribution in [0.25, 0.3) is 0 Å². The summed E-state index contributed by atoms with van der Waals surface area (Å²) >= 11 is 0. The fourth-order valence-electron chi connectivity index (χ4n) is 4.20. The third-order valence-electron chi connectivity index (χ3n) is 6.00. The van der Waals surface area contributed by atoms with Gasteiger partial charge in [-0.25, -0.2) is 0 Å². The fourth-order valence-corrected chi connectivity index (χ4v) is 4.20. The Morgan fingerprint density at radius 1 is 1.14 bits per heavy atom. The highest BCUT2D eigenvalue weighted by Crippen LogP contribution is 2.19. The van der Waals surface area contributed by atoms with Gasteiger partial charge in [0.15, 0.2) is 0 Å². The summed E-state index contributed by atoms with van der Waals surface area (Å²) in [6, 6.07) is 8.32. The molecule has 28 heavy (non-hydrogen) atoms. The number of aliphatic hydroxyl groups is 1. The molecule has 2 fully saturated rings. The minimum absolute atomic E-state index is 0.362. The number of hydrogen-bond donors (Lipinski definition) is 1. The van der Waals surface area contributed by atoms with E-state index in [2.05, 4.69) is 29.0 Å². The smallest absolute Gasteiger partial charge is 0.119 e. The highest BCUT2D eigenvalue weighted by molar-refractivity contribution is 5.27. The van der Waals surface area contributed by atoms with E-state index in [1.807, 2.05) is 12.1 Å². The molecule has 1 atom stereocenters.